The first kappa shape index (κ1) is 14.7. The quantitative estimate of drug-likeness (QED) is 0.393. The van der Waals surface area contributed by atoms with E-state index < -0.39 is 0 Å². The van der Waals surface area contributed by atoms with Gasteiger partial charge in [0.1, 0.15) is 0 Å². The van der Waals surface area contributed by atoms with Crippen LogP contribution in [0.4, 0.5) is 0 Å². The van der Waals surface area contributed by atoms with Crippen LogP contribution in [0.15, 0.2) is 36.9 Å². The van der Waals surface area contributed by atoms with Crippen LogP contribution in [0.25, 0.3) is 6.08 Å². The molecule has 0 bridgehead atoms. The van der Waals surface area contributed by atoms with Crippen molar-refractivity contribution in [3.63, 3.8) is 0 Å². The standard InChI is InChI=1S/C8H8.2K/c1-2-8-6-4-3-5-7-8;;/h2-7H,1H2;;/q;2*+1. The fourth-order valence-corrected chi connectivity index (χ4v) is 0.589. The Hall–Kier alpha value is 2.23. The minimum atomic E-state index is 0. The molecule has 1 aromatic rings. The van der Waals surface area contributed by atoms with Crippen molar-refractivity contribution >= 4 is 6.08 Å². The van der Waals surface area contributed by atoms with Gasteiger partial charge in [-0.3, -0.25) is 0 Å². The molecule has 0 N–H and O–H groups in total. The zero-order valence-corrected chi connectivity index (χ0v) is 12.9. The molecule has 0 atom stereocenters. The van der Waals surface area contributed by atoms with Crippen molar-refractivity contribution < 1.29 is 103 Å². The van der Waals surface area contributed by atoms with Gasteiger partial charge in [-0.1, -0.05) is 43.0 Å². The fraction of sp³-hybridized carbons (Fsp3) is 0. The molecule has 1 rings (SSSR count). The number of rotatable bonds is 1. The summed E-state index contributed by atoms with van der Waals surface area (Å²) in [6.07, 6.45) is 1.83. The molecule has 2 heteroatoms. The van der Waals surface area contributed by atoms with E-state index in [0.29, 0.717) is 0 Å². The van der Waals surface area contributed by atoms with E-state index in [9.17, 15) is 0 Å². The molecule has 0 aliphatic heterocycles. The van der Waals surface area contributed by atoms with E-state index >= 15 is 0 Å². The summed E-state index contributed by atoms with van der Waals surface area (Å²) >= 11 is 0. The van der Waals surface area contributed by atoms with Gasteiger partial charge in [0.05, 0.1) is 0 Å². The monoisotopic (exact) mass is 182 g/mol. The molecule has 0 saturated heterocycles. The van der Waals surface area contributed by atoms with Crippen molar-refractivity contribution in [1.29, 1.82) is 0 Å². The molecule has 0 saturated carbocycles. The molecular formula is C8H8K2+2. The Morgan fingerprint density at radius 3 is 1.80 bits per heavy atom. The van der Waals surface area contributed by atoms with Gasteiger partial charge in [-0.15, -0.1) is 0 Å². The number of benzene rings is 1. The van der Waals surface area contributed by atoms with E-state index in [0.717, 1.165) is 0 Å². The average molecular weight is 182 g/mol. The van der Waals surface area contributed by atoms with Gasteiger partial charge < -0.3 is 0 Å². The Morgan fingerprint density at radius 2 is 1.50 bits per heavy atom. The number of hydrogen-bond acceptors (Lipinski definition) is 0. The molecule has 0 aliphatic rings. The van der Waals surface area contributed by atoms with Crippen molar-refractivity contribution in [2.45, 2.75) is 0 Å². The summed E-state index contributed by atoms with van der Waals surface area (Å²) in [5, 5.41) is 0. The molecule has 0 amide bonds. The van der Waals surface area contributed by atoms with Crippen LogP contribution in [0.3, 0.4) is 0 Å². The van der Waals surface area contributed by atoms with Crippen LogP contribution in [0.1, 0.15) is 5.56 Å². The zero-order chi connectivity index (χ0) is 5.82. The molecule has 0 unspecified atom stereocenters. The molecule has 0 fully saturated rings. The van der Waals surface area contributed by atoms with Crippen LogP contribution >= 0.6 is 0 Å². The Kier molecular flexibility index (Phi) is 13.7. The third-order valence-corrected chi connectivity index (χ3v) is 1.04. The molecule has 10 heavy (non-hydrogen) atoms. The van der Waals surface area contributed by atoms with Crippen LogP contribution in [0.5, 0.6) is 0 Å². The Balaban J connectivity index is 0. The van der Waals surface area contributed by atoms with Gasteiger partial charge in [0.25, 0.3) is 0 Å². The maximum Gasteiger partial charge on any atom is 1.00 e. The minimum Gasteiger partial charge on any atom is -0.0985 e. The largest absolute Gasteiger partial charge is 1.00 e. The Labute approximate surface area is 147 Å². The van der Waals surface area contributed by atoms with E-state index in [2.05, 4.69) is 6.58 Å². The summed E-state index contributed by atoms with van der Waals surface area (Å²) in [5.41, 5.74) is 1.17. The SMILES string of the molecule is C=Cc1ccccc1.[K+].[K+]. The summed E-state index contributed by atoms with van der Waals surface area (Å²) in [4.78, 5) is 0. The Bertz CT molecular complexity index is 170. The molecule has 1 aromatic carbocycles. The van der Waals surface area contributed by atoms with Crippen molar-refractivity contribution in [3.05, 3.63) is 42.5 Å². The summed E-state index contributed by atoms with van der Waals surface area (Å²) < 4.78 is 0. The molecular weight excluding hydrogens is 174 g/mol. The predicted molar refractivity (Wildman–Crippen MR) is 36.5 cm³/mol. The molecule has 0 aromatic heterocycles. The van der Waals surface area contributed by atoms with E-state index in [4.69, 9.17) is 0 Å². The third kappa shape index (κ3) is 5.83. The molecule has 0 aliphatic carbocycles. The second-order valence-electron chi connectivity index (χ2n) is 1.61. The van der Waals surface area contributed by atoms with Crippen LogP contribution in [-0.4, -0.2) is 0 Å². The van der Waals surface area contributed by atoms with Crippen LogP contribution < -0.4 is 103 Å². The zero-order valence-electron chi connectivity index (χ0n) is 6.67. The van der Waals surface area contributed by atoms with Gasteiger partial charge in [0, 0.05) is 0 Å². The minimum absolute atomic E-state index is 0. The van der Waals surface area contributed by atoms with Gasteiger partial charge >= 0.3 is 103 Å². The molecule has 40 valence electrons. The predicted octanol–water partition coefficient (Wildman–Crippen LogP) is -3.66. The van der Waals surface area contributed by atoms with Crippen molar-refractivity contribution in [2.75, 3.05) is 0 Å². The van der Waals surface area contributed by atoms with Gasteiger partial charge in [0.2, 0.25) is 0 Å². The van der Waals surface area contributed by atoms with Crippen molar-refractivity contribution in [2.24, 2.45) is 0 Å². The topological polar surface area (TPSA) is 0 Å². The van der Waals surface area contributed by atoms with Crippen molar-refractivity contribution in [1.82, 2.24) is 0 Å². The summed E-state index contributed by atoms with van der Waals surface area (Å²) in [6, 6.07) is 10.0. The second kappa shape index (κ2) is 9.32. The van der Waals surface area contributed by atoms with E-state index in [1.54, 1.807) is 0 Å². The van der Waals surface area contributed by atoms with Gasteiger partial charge in [0.15, 0.2) is 0 Å². The smallest absolute Gasteiger partial charge is 0.0985 e. The first-order chi connectivity index (χ1) is 3.93. The molecule has 0 heterocycles. The molecule has 0 nitrogen and oxygen atoms in total. The third-order valence-electron chi connectivity index (χ3n) is 1.04. The average Bonchev–Trinajstić information content (AvgIpc) is 1.90. The van der Waals surface area contributed by atoms with Crippen molar-refractivity contribution in [3.8, 4) is 0 Å². The van der Waals surface area contributed by atoms with E-state index in [1.807, 2.05) is 36.4 Å². The first-order valence-electron chi connectivity index (χ1n) is 2.61. The van der Waals surface area contributed by atoms with Crippen LogP contribution in [-0.2, 0) is 0 Å². The summed E-state index contributed by atoms with van der Waals surface area (Å²) in [6.45, 7) is 3.63. The fourth-order valence-electron chi connectivity index (χ4n) is 0.589. The van der Waals surface area contributed by atoms with Crippen LogP contribution in [0.2, 0.25) is 0 Å². The second-order valence-corrected chi connectivity index (χ2v) is 1.61. The van der Waals surface area contributed by atoms with Crippen LogP contribution in [0, 0.1) is 0 Å². The maximum atomic E-state index is 3.63. The number of hydrogen-bond donors (Lipinski definition) is 0. The summed E-state index contributed by atoms with van der Waals surface area (Å²) in [7, 11) is 0. The normalized spacial score (nSPS) is 6.80. The maximum absolute atomic E-state index is 3.63. The van der Waals surface area contributed by atoms with Gasteiger partial charge in [-0.2, -0.15) is 0 Å². The first-order valence-corrected chi connectivity index (χ1v) is 2.61. The Morgan fingerprint density at radius 1 is 1.00 bits per heavy atom. The van der Waals surface area contributed by atoms with E-state index in [-0.39, 0.29) is 103 Å². The molecule has 0 radical (unpaired) electrons. The van der Waals surface area contributed by atoms with Gasteiger partial charge in [-0.05, 0) is 5.56 Å². The van der Waals surface area contributed by atoms with E-state index in [1.165, 1.54) is 5.56 Å². The summed E-state index contributed by atoms with van der Waals surface area (Å²) in [5.74, 6) is 0. The van der Waals surface area contributed by atoms with Gasteiger partial charge in [-0.25, -0.2) is 0 Å². The molecule has 0 spiro atoms.